The highest BCUT2D eigenvalue weighted by molar-refractivity contribution is 7.17. The SMILES string of the molecule is CC(=O)c1sc(N(C)Cc2cccc(C)c2)nc1C. The lowest BCUT2D eigenvalue weighted by atomic mass is 10.1. The molecule has 19 heavy (non-hydrogen) atoms. The topological polar surface area (TPSA) is 33.2 Å². The number of carbonyl (C=O) groups excluding carboxylic acids is 1. The number of hydrogen-bond donors (Lipinski definition) is 0. The van der Waals surface area contributed by atoms with Gasteiger partial charge in [-0.1, -0.05) is 41.2 Å². The molecule has 0 atom stereocenters. The molecule has 0 spiro atoms. The number of rotatable bonds is 4. The predicted molar refractivity (Wildman–Crippen MR) is 80.1 cm³/mol. The van der Waals surface area contributed by atoms with Gasteiger partial charge in [0.1, 0.15) is 0 Å². The Morgan fingerprint density at radius 1 is 1.37 bits per heavy atom. The minimum absolute atomic E-state index is 0.0882. The summed E-state index contributed by atoms with van der Waals surface area (Å²) in [6.45, 7) is 6.36. The molecule has 1 aromatic carbocycles. The molecule has 0 bridgehead atoms. The monoisotopic (exact) mass is 274 g/mol. The Bertz CT molecular complexity index is 604. The Kier molecular flexibility index (Phi) is 4.00. The minimum Gasteiger partial charge on any atom is -0.347 e. The van der Waals surface area contributed by atoms with Gasteiger partial charge in [0.25, 0.3) is 0 Å². The van der Waals surface area contributed by atoms with Crippen molar-refractivity contribution in [2.45, 2.75) is 27.3 Å². The van der Waals surface area contributed by atoms with Crippen molar-refractivity contribution in [2.24, 2.45) is 0 Å². The third-order valence-electron chi connectivity index (χ3n) is 2.93. The summed E-state index contributed by atoms with van der Waals surface area (Å²) >= 11 is 1.46. The maximum Gasteiger partial charge on any atom is 0.186 e. The van der Waals surface area contributed by atoms with E-state index in [-0.39, 0.29) is 5.78 Å². The Morgan fingerprint density at radius 2 is 2.11 bits per heavy atom. The van der Waals surface area contributed by atoms with E-state index in [4.69, 9.17) is 0 Å². The molecule has 0 unspecified atom stereocenters. The molecule has 1 aromatic heterocycles. The van der Waals surface area contributed by atoms with Gasteiger partial charge in [0.05, 0.1) is 10.6 Å². The predicted octanol–water partition coefficient (Wildman–Crippen LogP) is 3.60. The molecule has 0 saturated carbocycles. The lowest BCUT2D eigenvalue weighted by Gasteiger charge is -2.15. The second-order valence-electron chi connectivity index (χ2n) is 4.81. The summed E-state index contributed by atoms with van der Waals surface area (Å²) in [5.74, 6) is 0.0882. The fourth-order valence-electron chi connectivity index (χ4n) is 2.02. The molecule has 0 aliphatic heterocycles. The molecule has 0 aliphatic rings. The number of Topliss-reactive ketones (excluding diaryl/α,β-unsaturated/α-hetero) is 1. The van der Waals surface area contributed by atoms with E-state index in [0.29, 0.717) is 0 Å². The summed E-state index contributed by atoms with van der Waals surface area (Å²) in [7, 11) is 2.00. The quantitative estimate of drug-likeness (QED) is 0.799. The summed E-state index contributed by atoms with van der Waals surface area (Å²) in [4.78, 5) is 18.8. The summed E-state index contributed by atoms with van der Waals surface area (Å²) in [5.41, 5.74) is 3.33. The molecule has 0 aliphatic carbocycles. The van der Waals surface area contributed by atoms with Crippen LogP contribution in [0.25, 0.3) is 0 Å². The van der Waals surface area contributed by atoms with Crippen molar-refractivity contribution < 1.29 is 4.79 Å². The number of nitrogens with zero attached hydrogens (tertiary/aromatic N) is 2. The molecule has 2 rings (SSSR count). The fourth-order valence-corrected chi connectivity index (χ4v) is 2.95. The number of hydrogen-bond acceptors (Lipinski definition) is 4. The van der Waals surface area contributed by atoms with E-state index in [1.807, 2.05) is 14.0 Å². The van der Waals surface area contributed by atoms with Gasteiger partial charge in [-0.25, -0.2) is 4.98 Å². The standard InChI is InChI=1S/C15H18N2OS/c1-10-6-5-7-13(8-10)9-17(4)15-16-11(2)14(19-15)12(3)18/h5-8H,9H2,1-4H3. The van der Waals surface area contributed by atoms with E-state index in [0.717, 1.165) is 22.2 Å². The second kappa shape index (κ2) is 5.53. The van der Waals surface area contributed by atoms with Gasteiger partial charge < -0.3 is 4.90 Å². The van der Waals surface area contributed by atoms with Crippen LogP contribution in [-0.4, -0.2) is 17.8 Å². The normalized spacial score (nSPS) is 10.5. The van der Waals surface area contributed by atoms with Crippen molar-refractivity contribution in [1.29, 1.82) is 0 Å². The molecule has 1 heterocycles. The molecule has 0 saturated heterocycles. The zero-order valence-electron chi connectivity index (χ0n) is 11.7. The number of aryl methyl sites for hydroxylation is 2. The first-order chi connectivity index (χ1) is 8.97. The van der Waals surface area contributed by atoms with Crippen LogP contribution >= 0.6 is 11.3 Å². The maximum absolute atomic E-state index is 11.5. The molecule has 0 amide bonds. The van der Waals surface area contributed by atoms with Gasteiger partial charge in [0, 0.05) is 20.5 Å². The lowest BCUT2D eigenvalue weighted by Crippen LogP contribution is -2.16. The van der Waals surface area contributed by atoms with E-state index in [1.165, 1.54) is 22.5 Å². The summed E-state index contributed by atoms with van der Waals surface area (Å²) in [6, 6.07) is 8.43. The van der Waals surface area contributed by atoms with Crippen LogP contribution in [0.2, 0.25) is 0 Å². The molecule has 0 radical (unpaired) electrons. The van der Waals surface area contributed by atoms with E-state index in [2.05, 4.69) is 41.1 Å². The highest BCUT2D eigenvalue weighted by Crippen LogP contribution is 2.26. The van der Waals surface area contributed by atoms with Crippen molar-refractivity contribution in [3.8, 4) is 0 Å². The van der Waals surface area contributed by atoms with Gasteiger partial charge in [-0.15, -0.1) is 0 Å². The Hall–Kier alpha value is -1.68. The van der Waals surface area contributed by atoms with Crippen LogP contribution in [0.4, 0.5) is 5.13 Å². The van der Waals surface area contributed by atoms with Crippen LogP contribution < -0.4 is 4.90 Å². The van der Waals surface area contributed by atoms with Crippen LogP contribution in [0, 0.1) is 13.8 Å². The number of benzene rings is 1. The van der Waals surface area contributed by atoms with E-state index >= 15 is 0 Å². The smallest absolute Gasteiger partial charge is 0.186 e. The van der Waals surface area contributed by atoms with Crippen LogP contribution in [0.3, 0.4) is 0 Å². The number of carbonyl (C=O) groups is 1. The second-order valence-corrected chi connectivity index (χ2v) is 5.79. The molecule has 0 fully saturated rings. The van der Waals surface area contributed by atoms with E-state index in [1.54, 1.807) is 6.92 Å². The molecule has 2 aromatic rings. The zero-order valence-corrected chi connectivity index (χ0v) is 12.5. The van der Waals surface area contributed by atoms with Crippen LogP contribution in [0.5, 0.6) is 0 Å². The van der Waals surface area contributed by atoms with Crippen LogP contribution in [-0.2, 0) is 6.54 Å². The van der Waals surface area contributed by atoms with Crippen LogP contribution in [0.15, 0.2) is 24.3 Å². The Morgan fingerprint density at radius 3 is 2.68 bits per heavy atom. The van der Waals surface area contributed by atoms with Gasteiger partial charge in [0.2, 0.25) is 0 Å². The van der Waals surface area contributed by atoms with Crippen molar-refractivity contribution in [1.82, 2.24) is 4.98 Å². The Labute approximate surface area is 117 Å². The number of ketones is 1. The molecular formula is C15H18N2OS. The molecular weight excluding hydrogens is 256 g/mol. The summed E-state index contributed by atoms with van der Waals surface area (Å²) in [5, 5.41) is 0.893. The van der Waals surface area contributed by atoms with E-state index < -0.39 is 0 Å². The summed E-state index contributed by atoms with van der Waals surface area (Å²) < 4.78 is 0. The molecule has 4 heteroatoms. The minimum atomic E-state index is 0.0882. The largest absolute Gasteiger partial charge is 0.347 e. The third-order valence-corrected chi connectivity index (χ3v) is 4.31. The van der Waals surface area contributed by atoms with Gasteiger partial charge in [-0.2, -0.15) is 0 Å². The van der Waals surface area contributed by atoms with Gasteiger partial charge in [0.15, 0.2) is 10.9 Å². The third kappa shape index (κ3) is 3.20. The maximum atomic E-state index is 11.5. The highest BCUT2D eigenvalue weighted by Gasteiger charge is 2.14. The zero-order chi connectivity index (χ0) is 14.0. The average Bonchev–Trinajstić information content (AvgIpc) is 2.71. The number of thiazole rings is 1. The van der Waals surface area contributed by atoms with Gasteiger partial charge >= 0.3 is 0 Å². The lowest BCUT2D eigenvalue weighted by molar-refractivity contribution is 0.102. The number of aromatic nitrogens is 1. The van der Waals surface area contributed by atoms with Crippen molar-refractivity contribution in [3.05, 3.63) is 46.0 Å². The average molecular weight is 274 g/mol. The van der Waals surface area contributed by atoms with Gasteiger partial charge in [-0.3, -0.25) is 4.79 Å². The van der Waals surface area contributed by atoms with Gasteiger partial charge in [-0.05, 0) is 19.4 Å². The first kappa shape index (κ1) is 13.7. The first-order valence-corrected chi connectivity index (χ1v) is 7.04. The Balaban J connectivity index is 2.18. The van der Waals surface area contributed by atoms with Crippen LogP contribution in [0.1, 0.15) is 33.4 Å². The molecule has 0 N–H and O–H groups in total. The first-order valence-electron chi connectivity index (χ1n) is 6.22. The highest BCUT2D eigenvalue weighted by atomic mass is 32.1. The number of anilines is 1. The fraction of sp³-hybridized carbons (Fsp3) is 0.333. The van der Waals surface area contributed by atoms with Crippen molar-refractivity contribution in [3.63, 3.8) is 0 Å². The van der Waals surface area contributed by atoms with E-state index in [9.17, 15) is 4.79 Å². The summed E-state index contributed by atoms with van der Waals surface area (Å²) in [6.07, 6.45) is 0. The van der Waals surface area contributed by atoms with Crippen molar-refractivity contribution >= 4 is 22.3 Å². The molecule has 100 valence electrons. The molecule has 3 nitrogen and oxygen atoms in total. The van der Waals surface area contributed by atoms with Crippen molar-refractivity contribution in [2.75, 3.05) is 11.9 Å².